The second kappa shape index (κ2) is 9.44. The highest BCUT2D eigenvalue weighted by molar-refractivity contribution is 5.42. The summed E-state index contributed by atoms with van der Waals surface area (Å²) in [6.45, 7) is 4.36. The predicted molar refractivity (Wildman–Crippen MR) is 79.0 cm³/mol. The van der Waals surface area contributed by atoms with Crippen LogP contribution in [0.3, 0.4) is 0 Å². The highest BCUT2D eigenvalue weighted by atomic mass is 16.5. The Bertz CT molecular complexity index is 362. The Hall–Kier alpha value is -1.46. The second-order valence-corrected chi connectivity index (χ2v) is 4.45. The molecule has 0 radical (unpaired) electrons. The van der Waals surface area contributed by atoms with Crippen LogP contribution in [0.1, 0.15) is 13.3 Å². The van der Waals surface area contributed by atoms with Crippen molar-refractivity contribution in [3.8, 4) is 17.2 Å². The first kappa shape index (κ1) is 16.6. The molecule has 0 aromatic heterocycles. The van der Waals surface area contributed by atoms with Gasteiger partial charge in [-0.05, 0) is 13.0 Å². The van der Waals surface area contributed by atoms with E-state index in [0.29, 0.717) is 23.9 Å². The van der Waals surface area contributed by atoms with Crippen molar-refractivity contribution in [2.75, 3.05) is 41.0 Å². The van der Waals surface area contributed by atoms with Gasteiger partial charge in [0.1, 0.15) is 23.4 Å². The van der Waals surface area contributed by atoms with E-state index in [2.05, 4.69) is 12.2 Å². The number of benzene rings is 1. The van der Waals surface area contributed by atoms with Crippen LogP contribution in [0.25, 0.3) is 0 Å². The summed E-state index contributed by atoms with van der Waals surface area (Å²) in [4.78, 5) is 0. The lowest BCUT2D eigenvalue weighted by molar-refractivity contribution is 0.0804. The van der Waals surface area contributed by atoms with Gasteiger partial charge in [0.05, 0.1) is 20.8 Å². The minimum absolute atomic E-state index is 0.0524. The molecule has 0 bridgehead atoms. The van der Waals surface area contributed by atoms with E-state index < -0.39 is 0 Å². The number of nitrogens with one attached hydrogen (secondary N) is 1. The summed E-state index contributed by atoms with van der Waals surface area (Å²) in [7, 11) is 4.91. The Morgan fingerprint density at radius 1 is 1.00 bits per heavy atom. The van der Waals surface area contributed by atoms with Gasteiger partial charge in [0.2, 0.25) is 0 Å². The SMILES string of the molecule is CCCNCC(COC)Oc1cc(OC)cc(OC)c1. The Balaban J connectivity index is 2.70. The molecule has 20 heavy (non-hydrogen) atoms. The van der Waals surface area contributed by atoms with Crippen molar-refractivity contribution in [3.63, 3.8) is 0 Å². The molecule has 0 fully saturated rings. The molecular weight excluding hydrogens is 258 g/mol. The lowest BCUT2D eigenvalue weighted by Crippen LogP contribution is -2.35. The minimum Gasteiger partial charge on any atom is -0.496 e. The predicted octanol–water partition coefficient (Wildman–Crippen LogP) is 2.10. The van der Waals surface area contributed by atoms with Gasteiger partial charge in [0, 0.05) is 31.9 Å². The third kappa shape index (κ3) is 5.67. The normalized spacial score (nSPS) is 12.0. The average Bonchev–Trinajstić information content (AvgIpc) is 2.47. The van der Waals surface area contributed by atoms with Gasteiger partial charge < -0.3 is 24.3 Å². The van der Waals surface area contributed by atoms with Gasteiger partial charge in [-0.2, -0.15) is 0 Å². The van der Waals surface area contributed by atoms with E-state index in [0.717, 1.165) is 19.5 Å². The molecular formula is C15H25NO4. The monoisotopic (exact) mass is 283 g/mol. The summed E-state index contributed by atoms with van der Waals surface area (Å²) in [5.74, 6) is 2.12. The maximum absolute atomic E-state index is 5.94. The summed E-state index contributed by atoms with van der Waals surface area (Å²) < 4.78 is 21.6. The van der Waals surface area contributed by atoms with Crippen LogP contribution >= 0.6 is 0 Å². The average molecular weight is 283 g/mol. The Morgan fingerprint density at radius 2 is 1.60 bits per heavy atom. The summed E-state index contributed by atoms with van der Waals surface area (Å²) >= 11 is 0. The minimum atomic E-state index is -0.0524. The second-order valence-electron chi connectivity index (χ2n) is 4.45. The molecule has 0 aliphatic rings. The van der Waals surface area contributed by atoms with E-state index in [4.69, 9.17) is 18.9 Å². The fourth-order valence-corrected chi connectivity index (χ4v) is 1.80. The quantitative estimate of drug-likeness (QED) is 0.666. The molecule has 1 atom stereocenters. The molecule has 0 saturated carbocycles. The molecule has 0 amide bonds. The molecule has 114 valence electrons. The van der Waals surface area contributed by atoms with Crippen molar-refractivity contribution >= 4 is 0 Å². The molecule has 0 aliphatic carbocycles. The van der Waals surface area contributed by atoms with Gasteiger partial charge in [0.15, 0.2) is 0 Å². The highest BCUT2D eigenvalue weighted by Gasteiger charge is 2.12. The smallest absolute Gasteiger partial charge is 0.134 e. The Kier molecular flexibility index (Phi) is 7.84. The Morgan fingerprint density at radius 3 is 2.10 bits per heavy atom. The molecule has 0 aliphatic heterocycles. The van der Waals surface area contributed by atoms with E-state index in [1.807, 2.05) is 18.2 Å². The molecule has 0 saturated heterocycles. The first-order valence-electron chi connectivity index (χ1n) is 6.82. The van der Waals surface area contributed by atoms with Crippen LogP contribution in [0.15, 0.2) is 18.2 Å². The van der Waals surface area contributed by atoms with Gasteiger partial charge in [0.25, 0.3) is 0 Å². The van der Waals surface area contributed by atoms with Crippen molar-refractivity contribution in [3.05, 3.63) is 18.2 Å². The maximum Gasteiger partial charge on any atom is 0.134 e. The summed E-state index contributed by atoms with van der Waals surface area (Å²) in [6.07, 6.45) is 1.04. The number of ether oxygens (including phenoxy) is 4. The lowest BCUT2D eigenvalue weighted by atomic mass is 10.3. The van der Waals surface area contributed by atoms with Crippen molar-refractivity contribution in [1.29, 1.82) is 0 Å². The van der Waals surface area contributed by atoms with Crippen LogP contribution in [0.5, 0.6) is 17.2 Å². The fraction of sp³-hybridized carbons (Fsp3) is 0.600. The fourth-order valence-electron chi connectivity index (χ4n) is 1.80. The van der Waals surface area contributed by atoms with E-state index in [9.17, 15) is 0 Å². The first-order valence-corrected chi connectivity index (χ1v) is 6.82. The zero-order valence-electron chi connectivity index (χ0n) is 12.8. The lowest BCUT2D eigenvalue weighted by Gasteiger charge is -2.19. The zero-order valence-corrected chi connectivity index (χ0v) is 12.8. The van der Waals surface area contributed by atoms with E-state index in [1.165, 1.54) is 0 Å². The van der Waals surface area contributed by atoms with Crippen LogP contribution in [0, 0.1) is 0 Å². The molecule has 1 rings (SSSR count). The third-order valence-electron chi connectivity index (χ3n) is 2.78. The van der Waals surface area contributed by atoms with Gasteiger partial charge in [-0.1, -0.05) is 6.92 Å². The molecule has 1 N–H and O–H groups in total. The summed E-state index contributed by atoms with van der Waals surface area (Å²) in [6, 6.07) is 5.49. The van der Waals surface area contributed by atoms with Crippen LogP contribution in [-0.4, -0.2) is 47.1 Å². The first-order chi connectivity index (χ1) is 9.73. The maximum atomic E-state index is 5.94. The Labute approximate surface area is 121 Å². The molecule has 1 aromatic rings. The number of hydrogen-bond acceptors (Lipinski definition) is 5. The number of hydrogen-bond donors (Lipinski definition) is 1. The van der Waals surface area contributed by atoms with Crippen molar-refractivity contribution in [2.24, 2.45) is 0 Å². The van der Waals surface area contributed by atoms with Crippen molar-refractivity contribution in [2.45, 2.75) is 19.4 Å². The summed E-state index contributed by atoms with van der Waals surface area (Å²) in [5, 5.41) is 3.33. The van der Waals surface area contributed by atoms with E-state index in [-0.39, 0.29) is 6.10 Å². The topological polar surface area (TPSA) is 49.0 Å². The van der Waals surface area contributed by atoms with Crippen LogP contribution in [0.4, 0.5) is 0 Å². The largest absolute Gasteiger partial charge is 0.496 e. The number of rotatable bonds is 10. The van der Waals surface area contributed by atoms with Gasteiger partial charge in [-0.25, -0.2) is 0 Å². The standard InChI is InChI=1S/C15H25NO4/c1-5-6-16-10-15(11-17-2)20-14-8-12(18-3)7-13(9-14)19-4/h7-9,15-16H,5-6,10-11H2,1-4H3. The van der Waals surface area contributed by atoms with Gasteiger partial charge in [-0.15, -0.1) is 0 Å². The van der Waals surface area contributed by atoms with E-state index in [1.54, 1.807) is 21.3 Å². The van der Waals surface area contributed by atoms with Gasteiger partial charge in [-0.3, -0.25) is 0 Å². The van der Waals surface area contributed by atoms with Crippen molar-refractivity contribution < 1.29 is 18.9 Å². The van der Waals surface area contributed by atoms with Gasteiger partial charge >= 0.3 is 0 Å². The zero-order chi connectivity index (χ0) is 14.8. The molecule has 1 unspecified atom stereocenters. The highest BCUT2D eigenvalue weighted by Crippen LogP contribution is 2.28. The number of methoxy groups -OCH3 is 3. The molecule has 0 heterocycles. The molecule has 5 nitrogen and oxygen atoms in total. The van der Waals surface area contributed by atoms with Crippen LogP contribution in [0.2, 0.25) is 0 Å². The summed E-state index contributed by atoms with van der Waals surface area (Å²) in [5.41, 5.74) is 0. The molecule has 5 heteroatoms. The van der Waals surface area contributed by atoms with Crippen LogP contribution < -0.4 is 19.5 Å². The van der Waals surface area contributed by atoms with E-state index >= 15 is 0 Å². The molecule has 0 spiro atoms. The molecule has 1 aromatic carbocycles. The third-order valence-corrected chi connectivity index (χ3v) is 2.78. The van der Waals surface area contributed by atoms with Crippen LogP contribution in [-0.2, 0) is 4.74 Å². The van der Waals surface area contributed by atoms with Crippen molar-refractivity contribution in [1.82, 2.24) is 5.32 Å².